The molecular weight excluding hydrogens is 233 g/mol. The molecule has 1 heterocycles. The largest absolute Gasteiger partial charge is 0.504 e. The van der Waals surface area contributed by atoms with Gasteiger partial charge in [0.25, 0.3) is 0 Å². The number of hydrogen-bond donors (Lipinski definition) is 1. The first kappa shape index (κ1) is 10.7. The van der Waals surface area contributed by atoms with Crippen LogP contribution < -0.4 is 4.74 Å². The van der Waals surface area contributed by atoms with Crippen LogP contribution in [0.4, 0.5) is 4.39 Å². The highest BCUT2D eigenvalue weighted by Crippen LogP contribution is 2.30. The first-order chi connectivity index (χ1) is 7.65. The average molecular weight is 240 g/mol. The molecule has 0 aliphatic rings. The Hall–Kier alpha value is -1.81. The molecule has 5 heteroatoms. The van der Waals surface area contributed by atoms with Crippen LogP contribution in [0, 0.1) is 5.82 Å². The van der Waals surface area contributed by atoms with Crippen molar-refractivity contribution < 1.29 is 14.2 Å². The van der Waals surface area contributed by atoms with E-state index >= 15 is 0 Å². The highest BCUT2D eigenvalue weighted by molar-refractivity contribution is 6.29. The van der Waals surface area contributed by atoms with E-state index in [1.54, 1.807) is 12.1 Å². The second-order valence-corrected chi connectivity index (χ2v) is 3.42. The van der Waals surface area contributed by atoms with Gasteiger partial charge in [0.2, 0.25) is 0 Å². The Kier molecular flexibility index (Phi) is 2.92. The molecule has 2 aromatic rings. The van der Waals surface area contributed by atoms with Gasteiger partial charge in [0.05, 0.1) is 6.20 Å². The van der Waals surface area contributed by atoms with Crippen LogP contribution in [-0.4, -0.2) is 10.1 Å². The minimum atomic E-state index is -0.529. The fourth-order valence-corrected chi connectivity index (χ4v) is 1.24. The van der Waals surface area contributed by atoms with Crippen molar-refractivity contribution in [1.29, 1.82) is 0 Å². The van der Waals surface area contributed by atoms with Gasteiger partial charge in [0.15, 0.2) is 11.5 Å². The first-order valence-electron chi connectivity index (χ1n) is 4.43. The number of benzene rings is 1. The van der Waals surface area contributed by atoms with Gasteiger partial charge in [-0.3, -0.25) is 0 Å². The Balaban J connectivity index is 2.23. The zero-order valence-electron chi connectivity index (χ0n) is 8.02. The van der Waals surface area contributed by atoms with Crippen molar-refractivity contribution in [2.75, 3.05) is 0 Å². The van der Waals surface area contributed by atoms with Gasteiger partial charge in [-0.1, -0.05) is 11.6 Å². The van der Waals surface area contributed by atoms with Crippen LogP contribution in [0.25, 0.3) is 0 Å². The Labute approximate surface area is 96.1 Å². The van der Waals surface area contributed by atoms with Gasteiger partial charge in [-0.2, -0.15) is 0 Å². The number of phenols is 1. The van der Waals surface area contributed by atoms with E-state index in [4.69, 9.17) is 16.3 Å². The van der Waals surface area contributed by atoms with Crippen molar-refractivity contribution in [2.24, 2.45) is 0 Å². The van der Waals surface area contributed by atoms with Gasteiger partial charge < -0.3 is 9.84 Å². The molecule has 0 bridgehead atoms. The van der Waals surface area contributed by atoms with Crippen molar-refractivity contribution in [3.05, 3.63) is 47.5 Å². The van der Waals surface area contributed by atoms with E-state index in [0.29, 0.717) is 10.9 Å². The molecule has 1 N–H and O–H groups in total. The van der Waals surface area contributed by atoms with E-state index < -0.39 is 5.82 Å². The van der Waals surface area contributed by atoms with Gasteiger partial charge in [0, 0.05) is 6.07 Å². The van der Waals surface area contributed by atoms with Gasteiger partial charge in [-0.05, 0) is 24.3 Å². The fourth-order valence-electron chi connectivity index (χ4n) is 1.13. The molecule has 16 heavy (non-hydrogen) atoms. The van der Waals surface area contributed by atoms with Crippen molar-refractivity contribution in [3.8, 4) is 17.2 Å². The predicted octanol–water partition coefficient (Wildman–Crippen LogP) is 3.37. The summed E-state index contributed by atoms with van der Waals surface area (Å²) in [5.41, 5.74) is 0. The summed E-state index contributed by atoms with van der Waals surface area (Å²) in [5, 5.41) is 9.74. The van der Waals surface area contributed by atoms with Crippen molar-refractivity contribution in [2.45, 2.75) is 0 Å². The third-order valence-corrected chi connectivity index (χ3v) is 2.07. The van der Waals surface area contributed by atoms with Crippen LogP contribution in [0.2, 0.25) is 5.15 Å². The highest BCUT2D eigenvalue weighted by Gasteiger charge is 2.05. The van der Waals surface area contributed by atoms with Crippen LogP contribution in [-0.2, 0) is 0 Å². The number of nitrogens with zero attached hydrogens (tertiary/aromatic N) is 1. The van der Waals surface area contributed by atoms with E-state index in [1.807, 2.05) is 0 Å². The maximum atomic E-state index is 12.7. The minimum Gasteiger partial charge on any atom is -0.504 e. The maximum absolute atomic E-state index is 12.7. The van der Waals surface area contributed by atoms with E-state index in [1.165, 1.54) is 18.3 Å². The molecule has 0 saturated heterocycles. The number of aromatic hydroxyl groups is 1. The summed E-state index contributed by atoms with van der Waals surface area (Å²) in [5.74, 6) is -0.231. The monoisotopic (exact) mass is 239 g/mol. The molecule has 0 unspecified atom stereocenters. The molecule has 0 saturated carbocycles. The minimum absolute atomic E-state index is 0.158. The molecule has 82 valence electrons. The number of halogens is 2. The number of ether oxygens (including phenoxy) is 1. The lowest BCUT2D eigenvalue weighted by Crippen LogP contribution is -1.86. The summed E-state index contributed by atoms with van der Waals surface area (Å²) in [6.45, 7) is 0. The van der Waals surface area contributed by atoms with Gasteiger partial charge in [0.1, 0.15) is 16.7 Å². The zero-order valence-corrected chi connectivity index (χ0v) is 8.78. The average Bonchev–Trinajstić information content (AvgIpc) is 2.25. The van der Waals surface area contributed by atoms with Crippen LogP contribution in [0.3, 0.4) is 0 Å². The summed E-state index contributed by atoms with van der Waals surface area (Å²) in [6, 6.07) is 6.64. The molecule has 0 spiro atoms. The Morgan fingerprint density at radius 1 is 1.25 bits per heavy atom. The Morgan fingerprint density at radius 3 is 2.69 bits per heavy atom. The molecule has 0 atom stereocenters. The van der Waals surface area contributed by atoms with Crippen molar-refractivity contribution >= 4 is 11.6 Å². The topological polar surface area (TPSA) is 42.4 Å². The molecule has 1 aromatic heterocycles. The fraction of sp³-hybridized carbons (Fsp3) is 0. The summed E-state index contributed by atoms with van der Waals surface area (Å²) < 4.78 is 18.0. The maximum Gasteiger partial charge on any atom is 0.169 e. The summed E-state index contributed by atoms with van der Waals surface area (Å²) >= 11 is 5.60. The second-order valence-electron chi connectivity index (χ2n) is 3.03. The molecule has 0 aliphatic carbocycles. The zero-order chi connectivity index (χ0) is 11.5. The lowest BCUT2D eigenvalue weighted by atomic mass is 10.3. The SMILES string of the molecule is Oc1cc(F)ccc1Oc1ccc(Cl)nc1. The molecular formula is C11H7ClFNO2. The number of phenolic OH excluding ortho intramolecular Hbond substituents is 1. The normalized spacial score (nSPS) is 10.1. The lowest BCUT2D eigenvalue weighted by Gasteiger charge is -2.06. The van der Waals surface area contributed by atoms with E-state index in [9.17, 15) is 9.50 Å². The molecule has 2 rings (SSSR count). The number of pyridine rings is 1. The Bertz CT molecular complexity index is 502. The predicted molar refractivity (Wildman–Crippen MR) is 57.4 cm³/mol. The van der Waals surface area contributed by atoms with Crippen LogP contribution in [0.15, 0.2) is 36.5 Å². The van der Waals surface area contributed by atoms with Gasteiger partial charge in [-0.15, -0.1) is 0 Å². The lowest BCUT2D eigenvalue weighted by molar-refractivity contribution is 0.406. The second kappa shape index (κ2) is 4.37. The van der Waals surface area contributed by atoms with Crippen molar-refractivity contribution in [3.63, 3.8) is 0 Å². The molecule has 0 fully saturated rings. The van der Waals surface area contributed by atoms with Gasteiger partial charge in [-0.25, -0.2) is 9.37 Å². The smallest absolute Gasteiger partial charge is 0.169 e. The van der Waals surface area contributed by atoms with Crippen molar-refractivity contribution in [1.82, 2.24) is 4.98 Å². The standard InChI is InChI=1S/C11H7ClFNO2/c12-11-4-2-8(6-14-11)16-10-3-1-7(13)5-9(10)15/h1-6,15H. The Morgan fingerprint density at radius 2 is 2.06 bits per heavy atom. The number of aromatic nitrogens is 1. The quantitative estimate of drug-likeness (QED) is 0.817. The molecule has 0 aliphatic heterocycles. The third kappa shape index (κ3) is 2.41. The summed E-state index contributed by atoms with van der Waals surface area (Å²) in [7, 11) is 0. The summed E-state index contributed by atoms with van der Waals surface area (Å²) in [6.07, 6.45) is 1.41. The van der Waals surface area contributed by atoms with Crippen LogP contribution in [0.1, 0.15) is 0 Å². The van der Waals surface area contributed by atoms with Crippen LogP contribution in [0.5, 0.6) is 17.2 Å². The van der Waals surface area contributed by atoms with E-state index in [2.05, 4.69) is 4.98 Å². The molecule has 0 radical (unpaired) electrons. The third-order valence-electron chi connectivity index (χ3n) is 1.85. The molecule has 0 amide bonds. The first-order valence-corrected chi connectivity index (χ1v) is 4.81. The molecule has 3 nitrogen and oxygen atoms in total. The van der Waals surface area contributed by atoms with E-state index in [-0.39, 0.29) is 11.5 Å². The number of rotatable bonds is 2. The van der Waals surface area contributed by atoms with E-state index in [0.717, 1.165) is 6.07 Å². The van der Waals surface area contributed by atoms with Gasteiger partial charge >= 0.3 is 0 Å². The van der Waals surface area contributed by atoms with Crippen LogP contribution >= 0.6 is 11.6 Å². The summed E-state index contributed by atoms with van der Waals surface area (Å²) in [4.78, 5) is 3.81. The number of hydrogen-bond acceptors (Lipinski definition) is 3. The molecule has 1 aromatic carbocycles. The highest BCUT2D eigenvalue weighted by atomic mass is 35.5.